The molecule has 2 nitrogen and oxygen atoms in total. The summed E-state index contributed by atoms with van der Waals surface area (Å²) >= 11 is 0. The maximum absolute atomic E-state index is 11.7. The minimum atomic E-state index is -3.10. The van der Waals surface area contributed by atoms with E-state index in [9.17, 15) is 8.42 Å². The van der Waals surface area contributed by atoms with Gasteiger partial charge in [-0.25, -0.2) is 8.42 Å². The molecule has 0 atom stereocenters. The van der Waals surface area contributed by atoms with Crippen molar-refractivity contribution in [3.05, 3.63) is 65.7 Å². The Kier molecular flexibility index (Phi) is 7.50. The average molecular weight is 333 g/mol. The monoisotopic (exact) mass is 332 g/mol. The minimum absolute atomic E-state index is 0.353. The molecule has 0 aromatic heterocycles. The number of sulfone groups is 1. The number of hydrogen-bond acceptors (Lipinski definition) is 2. The molecule has 0 aliphatic heterocycles. The first-order chi connectivity index (χ1) is 10.7. The van der Waals surface area contributed by atoms with Crippen molar-refractivity contribution in [3.63, 3.8) is 0 Å². The molecule has 2 aromatic carbocycles. The topological polar surface area (TPSA) is 34.1 Å². The Bertz CT molecular complexity index is 687. The van der Waals surface area contributed by atoms with Crippen LogP contribution in [0.15, 0.2) is 59.5 Å². The molecular formula is C20H28O2S. The predicted molar refractivity (Wildman–Crippen MR) is 98.5 cm³/mol. The van der Waals surface area contributed by atoms with Crippen LogP contribution < -0.4 is 0 Å². The molecule has 0 bridgehead atoms. The van der Waals surface area contributed by atoms with Crippen molar-refractivity contribution in [2.45, 2.75) is 51.2 Å². The molecule has 0 fully saturated rings. The van der Waals surface area contributed by atoms with Crippen molar-refractivity contribution in [2.75, 3.05) is 0 Å². The van der Waals surface area contributed by atoms with Gasteiger partial charge in [-0.3, -0.25) is 0 Å². The Labute approximate surface area is 141 Å². The highest BCUT2D eigenvalue weighted by atomic mass is 32.2. The summed E-state index contributed by atoms with van der Waals surface area (Å²) in [4.78, 5) is 0.419. The van der Waals surface area contributed by atoms with Crippen LogP contribution in [-0.4, -0.2) is 13.7 Å². The molecule has 0 aliphatic carbocycles. The summed E-state index contributed by atoms with van der Waals surface area (Å²) in [6.07, 6.45) is 1.20. The fourth-order valence-electron chi connectivity index (χ4n) is 2.15. The summed E-state index contributed by atoms with van der Waals surface area (Å²) in [5, 5.41) is -0.353. The SMILES string of the molecule is CC(C)Cc1ccccc1.Cc1cccc(S(=O)(=O)C(C)C)c1. The minimum Gasteiger partial charge on any atom is -0.223 e. The van der Waals surface area contributed by atoms with Crippen molar-refractivity contribution in [3.8, 4) is 0 Å². The maximum Gasteiger partial charge on any atom is 0.180 e. The van der Waals surface area contributed by atoms with Gasteiger partial charge in [-0.1, -0.05) is 56.3 Å². The molecule has 23 heavy (non-hydrogen) atoms. The van der Waals surface area contributed by atoms with E-state index >= 15 is 0 Å². The zero-order valence-electron chi connectivity index (χ0n) is 14.8. The van der Waals surface area contributed by atoms with E-state index in [2.05, 4.69) is 44.2 Å². The molecule has 0 saturated heterocycles. The lowest BCUT2D eigenvalue weighted by molar-refractivity contribution is 0.587. The highest BCUT2D eigenvalue weighted by Crippen LogP contribution is 2.16. The van der Waals surface area contributed by atoms with Crippen molar-refractivity contribution >= 4 is 9.84 Å². The summed E-state index contributed by atoms with van der Waals surface area (Å²) in [5.41, 5.74) is 2.42. The van der Waals surface area contributed by atoms with Crippen molar-refractivity contribution < 1.29 is 8.42 Å². The van der Waals surface area contributed by atoms with Gasteiger partial charge in [0, 0.05) is 0 Å². The van der Waals surface area contributed by atoms with Gasteiger partial charge >= 0.3 is 0 Å². The van der Waals surface area contributed by atoms with E-state index in [-0.39, 0.29) is 5.25 Å². The molecule has 0 spiro atoms. The predicted octanol–water partition coefficient (Wildman–Crippen LogP) is 5.06. The zero-order valence-corrected chi connectivity index (χ0v) is 15.6. The second-order valence-corrected chi connectivity index (χ2v) is 9.00. The summed E-state index contributed by atoms with van der Waals surface area (Å²) in [6, 6.07) is 17.6. The first-order valence-corrected chi connectivity index (χ1v) is 9.62. The van der Waals surface area contributed by atoms with E-state index in [1.807, 2.05) is 13.0 Å². The second kappa shape index (κ2) is 8.88. The van der Waals surface area contributed by atoms with Gasteiger partial charge in [-0.05, 0) is 56.4 Å². The van der Waals surface area contributed by atoms with Gasteiger partial charge in [0.2, 0.25) is 0 Å². The fourth-order valence-corrected chi connectivity index (χ4v) is 3.31. The van der Waals surface area contributed by atoms with Crippen LogP contribution in [0.2, 0.25) is 0 Å². The van der Waals surface area contributed by atoms with Crippen LogP contribution in [0, 0.1) is 12.8 Å². The summed E-state index contributed by atoms with van der Waals surface area (Å²) in [6.45, 7) is 9.76. The summed E-state index contributed by atoms with van der Waals surface area (Å²) < 4.78 is 23.4. The highest BCUT2D eigenvalue weighted by Gasteiger charge is 2.18. The fraction of sp³-hybridized carbons (Fsp3) is 0.400. The van der Waals surface area contributed by atoms with E-state index < -0.39 is 9.84 Å². The maximum atomic E-state index is 11.7. The van der Waals surface area contributed by atoms with Gasteiger partial charge in [0.15, 0.2) is 9.84 Å². The van der Waals surface area contributed by atoms with Gasteiger partial charge in [-0.2, -0.15) is 0 Å². The molecular weight excluding hydrogens is 304 g/mol. The molecule has 0 radical (unpaired) electrons. The third kappa shape index (κ3) is 6.57. The van der Waals surface area contributed by atoms with Crippen molar-refractivity contribution in [1.82, 2.24) is 0 Å². The molecule has 126 valence electrons. The quantitative estimate of drug-likeness (QED) is 0.784. The van der Waals surface area contributed by atoms with Gasteiger partial charge in [0.05, 0.1) is 10.1 Å². The lowest BCUT2D eigenvalue weighted by Crippen LogP contribution is -2.13. The first kappa shape index (κ1) is 19.4. The van der Waals surface area contributed by atoms with E-state index in [1.165, 1.54) is 12.0 Å². The molecule has 2 aromatic rings. The average Bonchev–Trinajstić information content (AvgIpc) is 2.48. The number of hydrogen-bond donors (Lipinski definition) is 0. The van der Waals surface area contributed by atoms with Crippen LogP contribution in [0.4, 0.5) is 0 Å². The molecule has 0 heterocycles. The standard InChI is InChI=1S/C10H14O2S.C10H14/c1-8(2)13(11,12)10-6-4-5-9(3)7-10;1-9(2)8-10-6-4-3-5-7-10/h4-8H,1-3H3;3-7,9H,8H2,1-2H3. The number of aryl methyl sites for hydroxylation is 1. The lowest BCUT2D eigenvalue weighted by Gasteiger charge is -2.07. The Balaban J connectivity index is 0.000000238. The van der Waals surface area contributed by atoms with Crippen molar-refractivity contribution in [2.24, 2.45) is 5.92 Å². The Morgan fingerprint density at radius 3 is 1.96 bits per heavy atom. The van der Waals surface area contributed by atoms with Crippen LogP contribution in [0.25, 0.3) is 0 Å². The van der Waals surface area contributed by atoms with Crippen molar-refractivity contribution in [1.29, 1.82) is 0 Å². The first-order valence-electron chi connectivity index (χ1n) is 8.08. The smallest absolute Gasteiger partial charge is 0.180 e. The van der Waals surface area contributed by atoms with E-state index in [1.54, 1.807) is 32.0 Å². The van der Waals surface area contributed by atoms with Crippen LogP contribution in [0.3, 0.4) is 0 Å². The van der Waals surface area contributed by atoms with E-state index in [0.717, 1.165) is 11.5 Å². The molecule has 0 aliphatic rings. The molecule has 3 heteroatoms. The third-order valence-electron chi connectivity index (χ3n) is 3.43. The van der Waals surface area contributed by atoms with Gasteiger partial charge in [-0.15, -0.1) is 0 Å². The number of rotatable bonds is 4. The van der Waals surface area contributed by atoms with E-state index in [0.29, 0.717) is 4.90 Å². The third-order valence-corrected chi connectivity index (χ3v) is 5.58. The van der Waals surface area contributed by atoms with Gasteiger partial charge in [0.25, 0.3) is 0 Å². The van der Waals surface area contributed by atoms with Crippen LogP contribution in [0.1, 0.15) is 38.8 Å². The van der Waals surface area contributed by atoms with Crippen LogP contribution in [0.5, 0.6) is 0 Å². The molecule has 0 saturated carbocycles. The number of benzene rings is 2. The summed E-state index contributed by atoms with van der Waals surface area (Å²) in [5.74, 6) is 0.766. The second-order valence-electron chi connectivity index (χ2n) is 6.49. The normalized spacial score (nSPS) is 11.3. The Morgan fingerprint density at radius 2 is 1.48 bits per heavy atom. The van der Waals surface area contributed by atoms with Crippen LogP contribution in [-0.2, 0) is 16.3 Å². The lowest BCUT2D eigenvalue weighted by atomic mass is 10.0. The van der Waals surface area contributed by atoms with Gasteiger partial charge in [0.1, 0.15) is 0 Å². The molecule has 0 N–H and O–H groups in total. The van der Waals surface area contributed by atoms with Gasteiger partial charge < -0.3 is 0 Å². The Morgan fingerprint density at radius 1 is 0.870 bits per heavy atom. The highest BCUT2D eigenvalue weighted by molar-refractivity contribution is 7.92. The molecule has 0 unspecified atom stereocenters. The zero-order chi connectivity index (χ0) is 17.5. The van der Waals surface area contributed by atoms with E-state index in [4.69, 9.17) is 0 Å². The Hall–Kier alpha value is -1.61. The summed E-state index contributed by atoms with van der Waals surface area (Å²) in [7, 11) is -3.10. The molecule has 0 amide bonds. The van der Waals surface area contributed by atoms with Crippen LogP contribution >= 0.6 is 0 Å². The largest absolute Gasteiger partial charge is 0.223 e. The molecule has 2 rings (SSSR count).